The highest BCUT2D eigenvalue weighted by atomic mass is 16.6. The molecule has 0 fully saturated rings. The quantitative estimate of drug-likeness (QED) is 0.701. The van der Waals surface area contributed by atoms with Crippen LogP contribution in [-0.2, 0) is 17.9 Å². The number of carbonyl (C=O) groups excluding carboxylic acids is 1. The second-order valence-corrected chi connectivity index (χ2v) is 4.77. The van der Waals surface area contributed by atoms with Gasteiger partial charge in [-0.15, -0.1) is 0 Å². The van der Waals surface area contributed by atoms with E-state index in [1.54, 1.807) is 6.07 Å². The first kappa shape index (κ1) is 15.7. The first-order valence-electron chi connectivity index (χ1n) is 6.71. The molecule has 0 aromatic carbocycles. The molecule has 0 radical (unpaired) electrons. The van der Waals surface area contributed by atoms with E-state index in [-0.39, 0.29) is 5.91 Å². The number of hydroxylamine groups is 1. The predicted octanol–water partition coefficient (Wildman–Crippen LogP) is 1.47. The Morgan fingerprint density at radius 3 is 2.84 bits per heavy atom. The fraction of sp³-hybridized carbons (Fsp3) is 0.692. The maximum absolute atomic E-state index is 11.7. The Labute approximate surface area is 114 Å². The van der Waals surface area contributed by atoms with Crippen molar-refractivity contribution in [1.29, 1.82) is 0 Å². The van der Waals surface area contributed by atoms with Crippen LogP contribution in [0.2, 0.25) is 0 Å². The van der Waals surface area contributed by atoms with Crippen LogP contribution in [-0.4, -0.2) is 28.8 Å². The van der Waals surface area contributed by atoms with E-state index < -0.39 is 0 Å². The third-order valence-electron chi connectivity index (χ3n) is 2.71. The van der Waals surface area contributed by atoms with Gasteiger partial charge in [0, 0.05) is 19.1 Å². The first-order chi connectivity index (χ1) is 9.08. The van der Waals surface area contributed by atoms with Crippen LogP contribution in [0.3, 0.4) is 0 Å². The van der Waals surface area contributed by atoms with Gasteiger partial charge in [-0.3, -0.25) is 14.3 Å². The Balaban J connectivity index is 2.81. The Bertz CT molecular complexity index is 401. The lowest BCUT2D eigenvalue weighted by Crippen LogP contribution is -2.23. The molecule has 0 spiro atoms. The lowest BCUT2D eigenvalue weighted by Gasteiger charge is -2.10. The average molecular weight is 268 g/mol. The maximum Gasteiger partial charge on any atom is 0.295 e. The molecule has 0 saturated carbocycles. The number of carbonyl (C=O) groups is 1. The van der Waals surface area contributed by atoms with E-state index in [4.69, 9.17) is 0 Å². The fourth-order valence-corrected chi connectivity index (χ4v) is 1.66. The van der Waals surface area contributed by atoms with E-state index in [0.29, 0.717) is 18.3 Å². The van der Waals surface area contributed by atoms with Crippen molar-refractivity contribution < 1.29 is 9.63 Å². The highest BCUT2D eigenvalue weighted by Gasteiger charge is 2.14. The molecule has 6 nitrogen and oxygen atoms in total. The molecular formula is C13H24N4O2. The number of rotatable bonds is 8. The second kappa shape index (κ2) is 7.91. The van der Waals surface area contributed by atoms with Gasteiger partial charge in [-0.1, -0.05) is 27.2 Å². The molecule has 0 bridgehead atoms. The van der Waals surface area contributed by atoms with Gasteiger partial charge in [-0.05, 0) is 12.5 Å². The standard InChI is InChI=1S/C13H24N4O2/c1-5-6-7-17-11(9-14-10(2)3)8-12(15-17)13(18)16-19-4/h8,10,14H,5-7,9H2,1-4H3,(H,16,18). The highest BCUT2D eigenvalue weighted by molar-refractivity contribution is 5.91. The summed E-state index contributed by atoms with van der Waals surface area (Å²) in [5, 5.41) is 7.67. The number of hydrogen-bond donors (Lipinski definition) is 2. The molecule has 0 saturated heterocycles. The number of aryl methyl sites for hydroxylation is 1. The minimum atomic E-state index is -0.316. The molecule has 108 valence electrons. The molecule has 0 atom stereocenters. The molecule has 0 aliphatic carbocycles. The largest absolute Gasteiger partial charge is 0.309 e. The summed E-state index contributed by atoms with van der Waals surface area (Å²) in [4.78, 5) is 16.3. The topological polar surface area (TPSA) is 68.2 Å². The van der Waals surface area contributed by atoms with E-state index in [2.05, 4.69) is 41.5 Å². The molecule has 0 unspecified atom stereocenters. The van der Waals surface area contributed by atoms with Crippen LogP contribution in [0.25, 0.3) is 0 Å². The SMILES string of the molecule is CCCCn1nc(C(=O)NOC)cc1CNC(C)C. The van der Waals surface area contributed by atoms with Crippen LogP contribution in [0.15, 0.2) is 6.07 Å². The third kappa shape index (κ3) is 5.00. The molecule has 0 aliphatic rings. The van der Waals surface area contributed by atoms with Crippen molar-refractivity contribution >= 4 is 5.91 Å². The van der Waals surface area contributed by atoms with E-state index in [0.717, 1.165) is 25.1 Å². The van der Waals surface area contributed by atoms with Gasteiger partial charge in [0.05, 0.1) is 12.8 Å². The second-order valence-electron chi connectivity index (χ2n) is 4.77. The van der Waals surface area contributed by atoms with Crippen LogP contribution in [0.1, 0.15) is 49.8 Å². The number of nitrogens with one attached hydrogen (secondary N) is 2. The lowest BCUT2D eigenvalue weighted by molar-refractivity contribution is 0.0531. The summed E-state index contributed by atoms with van der Waals surface area (Å²) in [7, 11) is 1.41. The van der Waals surface area contributed by atoms with Crippen molar-refractivity contribution in [2.75, 3.05) is 7.11 Å². The van der Waals surface area contributed by atoms with Crippen molar-refractivity contribution in [3.63, 3.8) is 0 Å². The Morgan fingerprint density at radius 1 is 1.53 bits per heavy atom. The first-order valence-corrected chi connectivity index (χ1v) is 6.71. The van der Waals surface area contributed by atoms with Gasteiger partial charge >= 0.3 is 0 Å². The summed E-state index contributed by atoms with van der Waals surface area (Å²) in [5.74, 6) is -0.316. The fourth-order valence-electron chi connectivity index (χ4n) is 1.66. The summed E-state index contributed by atoms with van der Waals surface area (Å²) in [5.41, 5.74) is 3.69. The van der Waals surface area contributed by atoms with Gasteiger partial charge in [0.15, 0.2) is 5.69 Å². The zero-order chi connectivity index (χ0) is 14.3. The molecule has 6 heteroatoms. The van der Waals surface area contributed by atoms with E-state index >= 15 is 0 Å². The van der Waals surface area contributed by atoms with Gasteiger partial charge in [0.2, 0.25) is 0 Å². The number of amides is 1. The molecule has 1 heterocycles. The number of unbranched alkanes of at least 4 members (excludes halogenated alkanes) is 1. The van der Waals surface area contributed by atoms with Gasteiger partial charge in [0.25, 0.3) is 5.91 Å². The average Bonchev–Trinajstić information content (AvgIpc) is 2.77. The van der Waals surface area contributed by atoms with Crippen LogP contribution in [0.4, 0.5) is 0 Å². The highest BCUT2D eigenvalue weighted by Crippen LogP contribution is 2.07. The molecule has 1 rings (SSSR count). The normalized spacial score (nSPS) is 11.0. The Morgan fingerprint density at radius 2 is 2.26 bits per heavy atom. The lowest BCUT2D eigenvalue weighted by atomic mass is 10.3. The minimum absolute atomic E-state index is 0.316. The smallest absolute Gasteiger partial charge is 0.295 e. The molecule has 1 aromatic heterocycles. The number of aromatic nitrogens is 2. The molecular weight excluding hydrogens is 244 g/mol. The maximum atomic E-state index is 11.7. The molecule has 1 aromatic rings. The van der Waals surface area contributed by atoms with Crippen molar-refractivity contribution in [2.45, 2.75) is 52.7 Å². The van der Waals surface area contributed by atoms with E-state index in [9.17, 15) is 4.79 Å². The van der Waals surface area contributed by atoms with Crippen LogP contribution in [0.5, 0.6) is 0 Å². The molecule has 19 heavy (non-hydrogen) atoms. The summed E-state index contributed by atoms with van der Waals surface area (Å²) in [6.07, 6.45) is 2.14. The summed E-state index contributed by atoms with van der Waals surface area (Å²) < 4.78 is 1.89. The van der Waals surface area contributed by atoms with Crippen molar-refractivity contribution in [1.82, 2.24) is 20.6 Å². The predicted molar refractivity (Wildman–Crippen MR) is 73.6 cm³/mol. The van der Waals surface area contributed by atoms with Crippen molar-refractivity contribution in [3.8, 4) is 0 Å². The van der Waals surface area contributed by atoms with E-state index in [1.165, 1.54) is 7.11 Å². The Kier molecular flexibility index (Phi) is 6.52. The molecule has 0 aliphatic heterocycles. The molecule has 2 N–H and O–H groups in total. The van der Waals surface area contributed by atoms with Crippen LogP contribution < -0.4 is 10.8 Å². The van der Waals surface area contributed by atoms with Crippen LogP contribution >= 0.6 is 0 Å². The van der Waals surface area contributed by atoms with E-state index in [1.807, 2.05) is 4.68 Å². The Hall–Kier alpha value is -1.40. The van der Waals surface area contributed by atoms with Gasteiger partial charge in [-0.2, -0.15) is 5.10 Å². The zero-order valence-electron chi connectivity index (χ0n) is 12.2. The van der Waals surface area contributed by atoms with Crippen LogP contribution in [0, 0.1) is 0 Å². The zero-order valence-corrected chi connectivity index (χ0v) is 12.2. The van der Waals surface area contributed by atoms with Crippen molar-refractivity contribution in [2.24, 2.45) is 0 Å². The van der Waals surface area contributed by atoms with Crippen molar-refractivity contribution in [3.05, 3.63) is 17.5 Å². The number of nitrogens with zero attached hydrogens (tertiary/aromatic N) is 2. The molecule has 1 amide bonds. The summed E-state index contributed by atoms with van der Waals surface area (Å²) >= 11 is 0. The third-order valence-corrected chi connectivity index (χ3v) is 2.71. The van der Waals surface area contributed by atoms with Gasteiger partial charge < -0.3 is 5.32 Å². The monoisotopic (exact) mass is 268 g/mol. The minimum Gasteiger partial charge on any atom is -0.309 e. The van der Waals surface area contributed by atoms with Gasteiger partial charge in [-0.25, -0.2) is 5.48 Å². The summed E-state index contributed by atoms with van der Waals surface area (Å²) in [6, 6.07) is 2.20. The summed E-state index contributed by atoms with van der Waals surface area (Å²) in [6.45, 7) is 7.84. The number of hydrogen-bond acceptors (Lipinski definition) is 4. The van der Waals surface area contributed by atoms with Gasteiger partial charge in [0.1, 0.15) is 0 Å².